The second kappa shape index (κ2) is 5.57. The maximum absolute atomic E-state index is 13.2. The van der Waals surface area contributed by atoms with Gasteiger partial charge < -0.3 is 15.2 Å². The summed E-state index contributed by atoms with van der Waals surface area (Å²) in [5, 5.41) is 0. The molecule has 0 radical (unpaired) electrons. The van der Waals surface area contributed by atoms with Crippen molar-refractivity contribution in [2.45, 2.75) is 26.8 Å². The molecule has 0 saturated heterocycles. The molecule has 0 aliphatic carbocycles. The van der Waals surface area contributed by atoms with E-state index >= 15 is 0 Å². The Morgan fingerprint density at radius 3 is 2.68 bits per heavy atom. The fourth-order valence-electron chi connectivity index (χ4n) is 2.49. The smallest absolute Gasteiger partial charge is 0.201 e. The molecule has 2 N–H and O–H groups in total. The van der Waals surface area contributed by atoms with Crippen molar-refractivity contribution in [3.8, 4) is 0 Å². The summed E-state index contributed by atoms with van der Waals surface area (Å²) in [6.45, 7) is 9.30. The number of halogens is 1. The van der Waals surface area contributed by atoms with Gasteiger partial charge in [-0.3, -0.25) is 0 Å². The summed E-state index contributed by atoms with van der Waals surface area (Å²) >= 11 is 0. The van der Waals surface area contributed by atoms with Crippen molar-refractivity contribution in [2.24, 2.45) is 0 Å². The predicted octanol–water partition coefficient (Wildman–Crippen LogP) is 2.66. The summed E-state index contributed by atoms with van der Waals surface area (Å²) in [6, 6.07) is 4.82. The molecule has 1 unspecified atom stereocenters. The van der Waals surface area contributed by atoms with Gasteiger partial charge in [0.25, 0.3) is 0 Å². The number of nitrogens with zero attached hydrogens (tertiary/aromatic N) is 3. The Morgan fingerprint density at radius 2 is 2.05 bits per heavy atom. The largest absolute Gasteiger partial charge is 0.369 e. The van der Waals surface area contributed by atoms with E-state index < -0.39 is 0 Å². The lowest BCUT2D eigenvalue weighted by molar-refractivity contribution is 0.264. The number of anilines is 1. The topological polar surface area (TPSA) is 47.1 Å². The first-order valence-corrected chi connectivity index (χ1v) is 6.72. The van der Waals surface area contributed by atoms with E-state index in [2.05, 4.69) is 30.7 Å². The molecule has 0 aliphatic heterocycles. The lowest BCUT2D eigenvalue weighted by Crippen LogP contribution is -2.29. The van der Waals surface area contributed by atoms with Gasteiger partial charge >= 0.3 is 0 Å². The van der Waals surface area contributed by atoms with Crippen LogP contribution in [0.3, 0.4) is 0 Å². The number of hydrogen-bond acceptors (Lipinski definition) is 3. The molecule has 1 aromatic carbocycles. The van der Waals surface area contributed by atoms with Crippen LogP contribution in [0.4, 0.5) is 10.3 Å². The van der Waals surface area contributed by atoms with Crippen molar-refractivity contribution in [3.05, 3.63) is 24.0 Å². The summed E-state index contributed by atoms with van der Waals surface area (Å²) in [4.78, 5) is 6.57. The molecule has 19 heavy (non-hydrogen) atoms. The Bertz CT molecular complexity index is 560. The molecule has 2 aromatic rings. The molecule has 2 rings (SSSR count). The summed E-state index contributed by atoms with van der Waals surface area (Å²) in [5.41, 5.74) is 7.48. The highest BCUT2D eigenvalue weighted by Crippen LogP contribution is 2.23. The lowest BCUT2D eigenvalue weighted by atomic mass is 10.2. The van der Waals surface area contributed by atoms with Gasteiger partial charge in [0.15, 0.2) is 0 Å². The Hall–Kier alpha value is -1.62. The predicted molar refractivity (Wildman–Crippen MR) is 76.6 cm³/mol. The fraction of sp³-hybridized carbons (Fsp3) is 0.500. The molecule has 1 atom stereocenters. The number of benzene rings is 1. The molecule has 0 spiro atoms. The lowest BCUT2D eigenvalue weighted by Gasteiger charge is -2.24. The van der Waals surface area contributed by atoms with E-state index in [0.29, 0.717) is 11.5 Å². The summed E-state index contributed by atoms with van der Waals surface area (Å²) in [5.74, 6) is 0.161. The zero-order valence-corrected chi connectivity index (χ0v) is 11.7. The number of rotatable bonds is 5. The number of imidazole rings is 1. The number of nitrogen functional groups attached to an aromatic ring is 1. The van der Waals surface area contributed by atoms with Crippen LogP contribution in [0.15, 0.2) is 18.2 Å². The Morgan fingerprint density at radius 1 is 1.37 bits per heavy atom. The first-order valence-electron chi connectivity index (χ1n) is 6.72. The maximum Gasteiger partial charge on any atom is 0.201 e. The first-order chi connectivity index (χ1) is 9.06. The number of nitrogens with two attached hydrogens (primary N) is 1. The summed E-state index contributed by atoms with van der Waals surface area (Å²) in [7, 11) is 0. The molecule has 0 bridgehead atoms. The van der Waals surface area contributed by atoms with Crippen molar-refractivity contribution in [1.82, 2.24) is 14.5 Å². The van der Waals surface area contributed by atoms with Crippen molar-refractivity contribution in [3.63, 3.8) is 0 Å². The highest BCUT2D eigenvalue weighted by atomic mass is 19.1. The van der Waals surface area contributed by atoms with Gasteiger partial charge in [-0.2, -0.15) is 0 Å². The monoisotopic (exact) mass is 264 g/mol. The standard InChI is InChI=1S/C14H21FN4/c1-4-18(5-2)9-10(3)19-13-7-6-11(15)8-12(13)17-14(19)16/h6-8,10H,4-5,9H2,1-3H3,(H2,16,17). The molecule has 5 heteroatoms. The number of hydrogen-bond donors (Lipinski definition) is 1. The van der Waals surface area contributed by atoms with Crippen molar-refractivity contribution in [2.75, 3.05) is 25.4 Å². The quantitative estimate of drug-likeness (QED) is 0.903. The minimum atomic E-state index is -0.284. The zero-order chi connectivity index (χ0) is 14.0. The van der Waals surface area contributed by atoms with E-state index in [1.807, 2.05) is 4.57 Å². The second-order valence-electron chi connectivity index (χ2n) is 4.81. The van der Waals surface area contributed by atoms with Crippen molar-refractivity contribution >= 4 is 17.0 Å². The molecule has 0 amide bonds. The van der Waals surface area contributed by atoms with Crippen LogP contribution in [0.5, 0.6) is 0 Å². The van der Waals surface area contributed by atoms with Crippen LogP contribution >= 0.6 is 0 Å². The van der Waals surface area contributed by atoms with Crippen LogP contribution in [-0.4, -0.2) is 34.1 Å². The second-order valence-corrected chi connectivity index (χ2v) is 4.81. The van der Waals surface area contributed by atoms with Crippen LogP contribution in [0.25, 0.3) is 11.0 Å². The molecule has 1 aromatic heterocycles. The van der Waals surface area contributed by atoms with Crippen LogP contribution in [0.2, 0.25) is 0 Å². The maximum atomic E-state index is 13.2. The van der Waals surface area contributed by atoms with E-state index in [9.17, 15) is 4.39 Å². The van der Waals surface area contributed by atoms with Gasteiger partial charge in [0, 0.05) is 18.7 Å². The van der Waals surface area contributed by atoms with Gasteiger partial charge in [-0.1, -0.05) is 13.8 Å². The average molecular weight is 264 g/mol. The van der Waals surface area contributed by atoms with Gasteiger partial charge in [0.1, 0.15) is 5.82 Å². The summed E-state index contributed by atoms with van der Waals surface area (Å²) < 4.78 is 15.2. The molecular weight excluding hydrogens is 243 g/mol. The van der Waals surface area contributed by atoms with Crippen LogP contribution in [0.1, 0.15) is 26.8 Å². The Balaban J connectivity index is 2.36. The highest BCUT2D eigenvalue weighted by molar-refractivity contribution is 5.78. The Labute approximate surface area is 113 Å². The van der Waals surface area contributed by atoms with Crippen molar-refractivity contribution < 1.29 is 4.39 Å². The molecule has 4 nitrogen and oxygen atoms in total. The molecule has 0 aliphatic rings. The van der Waals surface area contributed by atoms with Gasteiger partial charge in [0.2, 0.25) is 5.95 Å². The van der Waals surface area contributed by atoms with Crippen LogP contribution in [0, 0.1) is 5.82 Å². The Kier molecular flexibility index (Phi) is 4.04. The summed E-state index contributed by atoms with van der Waals surface area (Å²) in [6.07, 6.45) is 0. The minimum Gasteiger partial charge on any atom is -0.369 e. The van der Waals surface area contributed by atoms with E-state index in [0.717, 1.165) is 25.2 Å². The molecule has 1 heterocycles. The van der Waals surface area contributed by atoms with Gasteiger partial charge in [0.05, 0.1) is 11.0 Å². The van der Waals surface area contributed by atoms with E-state index in [4.69, 9.17) is 5.73 Å². The van der Waals surface area contributed by atoms with Gasteiger partial charge in [-0.15, -0.1) is 0 Å². The van der Waals surface area contributed by atoms with Crippen LogP contribution in [-0.2, 0) is 0 Å². The number of aromatic nitrogens is 2. The van der Waals surface area contributed by atoms with Crippen molar-refractivity contribution in [1.29, 1.82) is 0 Å². The molecular formula is C14H21FN4. The van der Waals surface area contributed by atoms with E-state index in [-0.39, 0.29) is 11.9 Å². The number of fused-ring (bicyclic) bond motifs is 1. The first kappa shape index (κ1) is 13.8. The van der Waals surface area contributed by atoms with Gasteiger partial charge in [-0.25, -0.2) is 9.37 Å². The fourth-order valence-corrected chi connectivity index (χ4v) is 2.49. The third kappa shape index (κ3) is 2.71. The zero-order valence-electron chi connectivity index (χ0n) is 11.7. The molecule has 0 fully saturated rings. The molecule has 0 saturated carbocycles. The highest BCUT2D eigenvalue weighted by Gasteiger charge is 2.16. The third-order valence-corrected chi connectivity index (χ3v) is 3.54. The number of likely N-dealkylation sites (N-methyl/N-ethyl adjacent to an activating group) is 1. The minimum absolute atomic E-state index is 0.204. The normalized spacial score (nSPS) is 13.3. The van der Waals surface area contributed by atoms with Crippen LogP contribution < -0.4 is 5.73 Å². The van der Waals surface area contributed by atoms with Gasteiger partial charge in [-0.05, 0) is 32.1 Å². The third-order valence-electron chi connectivity index (χ3n) is 3.54. The SMILES string of the molecule is CCN(CC)CC(C)n1c(N)nc2cc(F)ccc21. The molecule has 104 valence electrons. The van der Waals surface area contributed by atoms with E-state index in [1.165, 1.54) is 12.1 Å². The average Bonchev–Trinajstić information content (AvgIpc) is 2.70. The van der Waals surface area contributed by atoms with E-state index in [1.54, 1.807) is 6.07 Å².